The molecule has 1 spiro atoms. The number of carbonyl (C=O) groups is 2. The molecule has 1 fully saturated rings. The van der Waals surface area contributed by atoms with Gasteiger partial charge in [0.25, 0.3) is 5.91 Å². The van der Waals surface area contributed by atoms with Crippen molar-refractivity contribution in [2.24, 2.45) is 0 Å². The maximum atomic E-state index is 13.9. The molecule has 0 bridgehead atoms. The summed E-state index contributed by atoms with van der Waals surface area (Å²) in [5.41, 5.74) is -0.872. The predicted octanol–water partition coefficient (Wildman–Crippen LogP) is 3.21. The van der Waals surface area contributed by atoms with Gasteiger partial charge in [-0.1, -0.05) is 18.2 Å². The van der Waals surface area contributed by atoms with Gasteiger partial charge in [0.15, 0.2) is 5.78 Å². The van der Waals surface area contributed by atoms with Gasteiger partial charge in [0.1, 0.15) is 28.5 Å². The molecule has 1 unspecified atom stereocenters. The minimum Gasteiger partial charge on any atom is -0.484 e. The maximum Gasteiger partial charge on any atom is 0.259 e. The van der Waals surface area contributed by atoms with Gasteiger partial charge in [-0.05, 0) is 24.3 Å². The highest BCUT2D eigenvalue weighted by atomic mass is 19.1. The average Bonchev–Trinajstić information content (AvgIpc) is 2.98. The molecule has 0 aliphatic carbocycles. The van der Waals surface area contributed by atoms with E-state index in [0.29, 0.717) is 17.7 Å². The second kappa shape index (κ2) is 5.65. The van der Waals surface area contributed by atoms with E-state index in [1.807, 2.05) is 0 Å². The molecule has 6 heteroatoms. The lowest BCUT2D eigenvalue weighted by molar-refractivity contribution is 0.0426. The average molecular weight is 343 g/mol. The molecule has 25 heavy (non-hydrogen) atoms. The Bertz CT molecular complexity index is 862. The number of benzene rings is 2. The third-order valence-corrected chi connectivity index (χ3v) is 4.78. The number of hydrogen-bond acceptors (Lipinski definition) is 3. The standard InChI is InChI=1S/C19H15F2NO3/c20-13-5-3-6-14(21)17(13)18(24)22-9-8-19(11-22)10-15(23)12-4-1-2-7-16(12)25-19/h1-7H,8-11H2. The summed E-state index contributed by atoms with van der Waals surface area (Å²) < 4.78 is 33.8. The van der Waals surface area contributed by atoms with Crippen molar-refractivity contribution in [2.75, 3.05) is 13.1 Å². The number of likely N-dealkylation sites (tertiary alicyclic amines) is 1. The molecule has 1 amide bonds. The smallest absolute Gasteiger partial charge is 0.259 e. The molecule has 128 valence electrons. The zero-order valence-electron chi connectivity index (χ0n) is 13.3. The van der Waals surface area contributed by atoms with Gasteiger partial charge in [-0.2, -0.15) is 0 Å². The third kappa shape index (κ3) is 2.58. The highest BCUT2D eigenvalue weighted by Gasteiger charge is 2.47. The Balaban J connectivity index is 1.60. The van der Waals surface area contributed by atoms with Crippen LogP contribution in [0.2, 0.25) is 0 Å². The Morgan fingerprint density at radius 2 is 1.80 bits per heavy atom. The number of nitrogens with zero attached hydrogens (tertiary/aromatic N) is 1. The molecule has 1 saturated heterocycles. The molecule has 0 saturated carbocycles. The van der Waals surface area contributed by atoms with Crippen molar-refractivity contribution in [3.8, 4) is 5.75 Å². The fourth-order valence-electron chi connectivity index (χ4n) is 3.55. The van der Waals surface area contributed by atoms with Crippen molar-refractivity contribution in [2.45, 2.75) is 18.4 Å². The minimum atomic E-state index is -0.892. The van der Waals surface area contributed by atoms with Gasteiger partial charge in [-0.3, -0.25) is 9.59 Å². The maximum absolute atomic E-state index is 13.9. The van der Waals surface area contributed by atoms with Crippen molar-refractivity contribution >= 4 is 11.7 Å². The predicted molar refractivity (Wildman–Crippen MR) is 85.6 cm³/mol. The number of amides is 1. The largest absolute Gasteiger partial charge is 0.484 e. The first-order valence-electron chi connectivity index (χ1n) is 8.04. The number of fused-ring (bicyclic) bond motifs is 1. The molecule has 2 aliphatic rings. The first kappa shape index (κ1) is 15.7. The summed E-state index contributed by atoms with van der Waals surface area (Å²) in [5.74, 6) is -2.06. The molecule has 4 nitrogen and oxygen atoms in total. The highest BCUT2D eigenvalue weighted by Crippen LogP contribution is 2.39. The Morgan fingerprint density at radius 1 is 1.08 bits per heavy atom. The van der Waals surface area contributed by atoms with Crippen LogP contribution < -0.4 is 4.74 Å². The molecule has 2 aliphatic heterocycles. The van der Waals surface area contributed by atoms with Crippen molar-refractivity contribution < 1.29 is 23.1 Å². The summed E-state index contributed by atoms with van der Waals surface area (Å²) in [4.78, 5) is 26.3. The summed E-state index contributed by atoms with van der Waals surface area (Å²) in [6, 6.07) is 10.3. The summed E-state index contributed by atoms with van der Waals surface area (Å²) >= 11 is 0. The number of para-hydroxylation sites is 1. The molecule has 0 aromatic heterocycles. The molecule has 2 aromatic carbocycles. The summed E-state index contributed by atoms with van der Waals surface area (Å²) in [7, 11) is 0. The zero-order chi connectivity index (χ0) is 17.6. The third-order valence-electron chi connectivity index (χ3n) is 4.78. The van der Waals surface area contributed by atoms with Crippen LogP contribution in [0, 0.1) is 11.6 Å². The van der Waals surface area contributed by atoms with Gasteiger partial charge < -0.3 is 9.64 Å². The van der Waals surface area contributed by atoms with E-state index in [1.165, 1.54) is 11.0 Å². The number of ether oxygens (including phenoxy) is 1. The van der Waals surface area contributed by atoms with Gasteiger partial charge in [0.2, 0.25) is 0 Å². The minimum absolute atomic E-state index is 0.0479. The van der Waals surface area contributed by atoms with E-state index in [0.717, 1.165) is 12.1 Å². The Hall–Kier alpha value is -2.76. The van der Waals surface area contributed by atoms with Crippen molar-refractivity contribution in [1.82, 2.24) is 4.90 Å². The SMILES string of the molecule is O=C1CC2(CCN(C(=O)c3c(F)cccc3F)C2)Oc2ccccc21. The van der Waals surface area contributed by atoms with Gasteiger partial charge in [0, 0.05) is 13.0 Å². The molecular formula is C19H15F2NO3. The quantitative estimate of drug-likeness (QED) is 0.799. The lowest BCUT2D eigenvalue weighted by Crippen LogP contribution is -2.45. The van der Waals surface area contributed by atoms with Crippen molar-refractivity contribution in [3.05, 3.63) is 65.2 Å². The molecule has 2 heterocycles. The molecule has 4 rings (SSSR count). The normalized spacial score (nSPS) is 22.0. The van der Waals surface area contributed by atoms with Crippen LogP contribution in [-0.4, -0.2) is 35.3 Å². The lowest BCUT2D eigenvalue weighted by atomic mass is 9.89. The van der Waals surface area contributed by atoms with Gasteiger partial charge in [0.05, 0.1) is 18.5 Å². The van der Waals surface area contributed by atoms with E-state index in [2.05, 4.69) is 0 Å². The van der Waals surface area contributed by atoms with Crippen LogP contribution in [0.25, 0.3) is 0 Å². The molecule has 1 atom stereocenters. The van der Waals surface area contributed by atoms with Crippen LogP contribution >= 0.6 is 0 Å². The second-order valence-corrected chi connectivity index (χ2v) is 6.45. The van der Waals surface area contributed by atoms with Crippen LogP contribution in [0.3, 0.4) is 0 Å². The number of halogens is 2. The number of ketones is 1. The van der Waals surface area contributed by atoms with E-state index >= 15 is 0 Å². The van der Waals surface area contributed by atoms with Gasteiger partial charge >= 0.3 is 0 Å². The lowest BCUT2D eigenvalue weighted by Gasteiger charge is -2.34. The van der Waals surface area contributed by atoms with E-state index in [1.54, 1.807) is 24.3 Å². The number of hydrogen-bond donors (Lipinski definition) is 0. The van der Waals surface area contributed by atoms with Gasteiger partial charge in [-0.15, -0.1) is 0 Å². The number of rotatable bonds is 1. The van der Waals surface area contributed by atoms with Crippen LogP contribution in [0.4, 0.5) is 8.78 Å². The summed E-state index contributed by atoms with van der Waals surface area (Å²) in [6.45, 7) is 0.405. The summed E-state index contributed by atoms with van der Waals surface area (Å²) in [6.07, 6.45) is 0.586. The van der Waals surface area contributed by atoms with Crippen LogP contribution in [0.1, 0.15) is 33.6 Å². The summed E-state index contributed by atoms with van der Waals surface area (Å²) in [5, 5.41) is 0. The van der Waals surface area contributed by atoms with Crippen LogP contribution in [-0.2, 0) is 0 Å². The van der Waals surface area contributed by atoms with Crippen molar-refractivity contribution in [1.29, 1.82) is 0 Å². The fraction of sp³-hybridized carbons (Fsp3) is 0.263. The number of carbonyl (C=O) groups excluding carboxylic acids is 2. The van der Waals surface area contributed by atoms with Crippen LogP contribution in [0.15, 0.2) is 42.5 Å². The topological polar surface area (TPSA) is 46.6 Å². The molecule has 0 radical (unpaired) electrons. The molecule has 2 aromatic rings. The van der Waals surface area contributed by atoms with Crippen molar-refractivity contribution in [3.63, 3.8) is 0 Å². The fourth-order valence-corrected chi connectivity index (χ4v) is 3.55. The van der Waals surface area contributed by atoms with E-state index < -0.39 is 28.7 Å². The molecule has 0 N–H and O–H groups in total. The first-order valence-corrected chi connectivity index (χ1v) is 8.04. The highest BCUT2D eigenvalue weighted by molar-refractivity contribution is 6.00. The van der Waals surface area contributed by atoms with E-state index in [4.69, 9.17) is 4.74 Å². The first-order chi connectivity index (χ1) is 12.0. The van der Waals surface area contributed by atoms with E-state index in [-0.39, 0.29) is 25.3 Å². The molecular weight excluding hydrogens is 328 g/mol. The zero-order valence-corrected chi connectivity index (χ0v) is 13.3. The Kier molecular flexibility index (Phi) is 3.56. The van der Waals surface area contributed by atoms with Gasteiger partial charge in [-0.25, -0.2) is 8.78 Å². The van der Waals surface area contributed by atoms with E-state index in [9.17, 15) is 18.4 Å². The Labute approximate surface area is 143 Å². The second-order valence-electron chi connectivity index (χ2n) is 6.45. The number of Topliss-reactive ketones (excluding diaryl/α,β-unsaturated/α-hetero) is 1. The Morgan fingerprint density at radius 3 is 2.56 bits per heavy atom. The monoisotopic (exact) mass is 343 g/mol. The van der Waals surface area contributed by atoms with Crippen LogP contribution in [0.5, 0.6) is 5.75 Å².